The van der Waals surface area contributed by atoms with Gasteiger partial charge in [0, 0.05) is 24.7 Å². The predicted octanol–water partition coefficient (Wildman–Crippen LogP) is 5.26. The van der Waals surface area contributed by atoms with Gasteiger partial charge in [-0.2, -0.15) is 0 Å². The molecule has 3 N–H and O–H groups in total. The Kier molecular flexibility index (Phi) is 7.94. The molecular formula is C29H32N2O2. The lowest BCUT2D eigenvalue weighted by Crippen LogP contribution is -2.32. The van der Waals surface area contributed by atoms with E-state index in [0.717, 1.165) is 48.8 Å². The highest BCUT2D eigenvalue weighted by Gasteiger charge is 2.18. The van der Waals surface area contributed by atoms with Gasteiger partial charge in [-0.05, 0) is 72.6 Å². The van der Waals surface area contributed by atoms with Crippen LogP contribution in [0.2, 0.25) is 0 Å². The zero-order valence-electron chi connectivity index (χ0n) is 19.0. The topological polar surface area (TPSA) is 61.4 Å². The fourth-order valence-corrected chi connectivity index (χ4v) is 4.42. The first-order chi connectivity index (χ1) is 16.2. The van der Waals surface area contributed by atoms with Crippen molar-refractivity contribution >= 4 is 12.0 Å². The van der Waals surface area contributed by atoms with Crippen molar-refractivity contribution in [2.45, 2.75) is 44.7 Å². The maximum atomic E-state index is 12.8. The molecule has 0 aromatic heterocycles. The zero-order chi connectivity index (χ0) is 22.9. The van der Waals surface area contributed by atoms with E-state index in [1.165, 1.54) is 11.1 Å². The summed E-state index contributed by atoms with van der Waals surface area (Å²) in [4.78, 5) is 12.8. The summed E-state index contributed by atoms with van der Waals surface area (Å²) >= 11 is 0. The van der Waals surface area contributed by atoms with E-state index in [1.807, 2.05) is 54.6 Å². The SMILES string of the molecule is O=C(NCCC=Cc1ccccc1)c1ccccc1CNC1CCCc2cc(O)ccc2C1. The molecule has 1 unspecified atom stereocenters. The van der Waals surface area contributed by atoms with Crippen LogP contribution >= 0.6 is 0 Å². The first kappa shape index (κ1) is 22.8. The third-order valence-electron chi connectivity index (χ3n) is 6.20. The minimum atomic E-state index is -0.0257. The molecule has 4 heteroatoms. The summed E-state index contributed by atoms with van der Waals surface area (Å²) in [7, 11) is 0. The van der Waals surface area contributed by atoms with Crippen molar-refractivity contribution in [3.05, 3.63) is 107 Å². The molecule has 3 aromatic rings. The number of phenols is 1. The summed E-state index contributed by atoms with van der Waals surface area (Å²) in [5.41, 5.74) is 5.47. The predicted molar refractivity (Wildman–Crippen MR) is 134 cm³/mol. The highest BCUT2D eigenvalue weighted by atomic mass is 16.3. The molecule has 1 amide bonds. The second-order valence-electron chi connectivity index (χ2n) is 8.64. The Morgan fingerprint density at radius 1 is 1.00 bits per heavy atom. The Balaban J connectivity index is 1.30. The number of fused-ring (bicyclic) bond motifs is 1. The summed E-state index contributed by atoms with van der Waals surface area (Å²) in [6.45, 7) is 1.27. The summed E-state index contributed by atoms with van der Waals surface area (Å²) < 4.78 is 0. The first-order valence-corrected chi connectivity index (χ1v) is 11.8. The number of carbonyl (C=O) groups is 1. The monoisotopic (exact) mass is 440 g/mol. The number of nitrogens with one attached hydrogen (secondary N) is 2. The van der Waals surface area contributed by atoms with Gasteiger partial charge in [-0.15, -0.1) is 0 Å². The largest absolute Gasteiger partial charge is 0.508 e. The molecule has 1 aliphatic carbocycles. The smallest absolute Gasteiger partial charge is 0.251 e. The second-order valence-corrected chi connectivity index (χ2v) is 8.64. The van der Waals surface area contributed by atoms with E-state index >= 15 is 0 Å². The molecule has 0 aliphatic heterocycles. The van der Waals surface area contributed by atoms with Gasteiger partial charge in [-0.25, -0.2) is 0 Å². The average Bonchev–Trinajstić information content (AvgIpc) is 3.04. The van der Waals surface area contributed by atoms with E-state index in [9.17, 15) is 9.90 Å². The molecule has 0 fully saturated rings. The van der Waals surface area contributed by atoms with Crippen LogP contribution in [-0.4, -0.2) is 23.6 Å². The van der Waals surface area contributed by atoms with E-state index in [1.54, 1.807) is 6.07 Å². The van der Waals surface area contributed by atoms with Gasteiger partial charge in [-0.1, -0.05) is 66.7 Å². The summed E-state index contributed by atoms with van der Waals surface area (Å²) in [5.74, 6) is 0.317. The van der Waals surface area contributed by atoms with Crippen LogP contribution in [0.4, 0.5) is 0 Å². The van der Waals surface area contributed by atoms with E-state index in [0.29, 0.717) is 24.9 Å². The molecule has 0 heterocycles. The van der Waals surface area contributed by atoms with Crippen LogP contribution in [0.3, 0.4) is 0 Å². The minimum Gasteiger partial charge on any atom is -0.508 e. The Labute approximate surface area is 196 Å². The van der Waals surface area contributed by atoms with E-state index in [4.69, 9.17) is 0 Å². The normalized spacial score (nSPS) is 15.7. The maximum Gasteiger partial charge on any atom is 0.251 e. The highest BCUT2D eigenvalue weighted by Crippen LogP contribution is 2.24. The van der Waals surface area contributed by atoms with Crippen LogP contribution in [0, 0.1) is 0 Å². The summed E-state index contributed by atoms with van der Waals surface area (Å²) in [6.07, 6.45) is 9.07. The van der Waals surface area contributed by atoms with Crippen molar-refractivity contribution in [3.8, 4) is 5.75 Å². The van der Waals surface area contributed by atoms with E-state index in [-0.39, 0.29) is 5.91 Å². The zero-order valence-corrected chi connectivity index (χ0v) is 19.0. The fraction of sp³-hybridized carbons (Fsp3) is 0.276. The number of aromatic hydroxyl groups is 1. The Morgan fingerprint density at radius 3 is 2.70 bits per heavy atom. The van der Waals surface area contributed by atoms with Crippen molar-refractivity contribution in [1.29, 1.82) is 0 Å². The van der Waals surface area contributed by atoms with Crippen molar-refractivity contribution in [2.75, 3.05) is 6.54 Å². The van der Waals surface area contributed by atoms with Crippen LogP contribution in [0.1, 0.15) is 51.9 Å². The fourth-order valence-electron chi connectivity index (χ4n) is 4.42. The van der Waals surface area contributed by atoms with Gasteiger partial charge in [0.2, 0.25) is 0 Å². The first-order valence-electron chi connectivity index (χ1n) is 11.8. The van der Waals surface area contributed by atoms with Crippen molar-refractivity contribution in [1.82, 2.24) is 10.6 Å². The third-order valence-corrected chi connectivity index (χ3v) is 6.20. The van der Waals surface area contributed by atoms with Gasteiger partial charge in [0.25, 0.3) is 5.91 Å². The molecule has 1 aliphatic rings. The lowest BCUT2D eigenvalue weighted by Gasteiger charge is -2.18. The van der Waals surface area contributed by atoms with Gasteiger partial charge in [-0.3, -0.25) is 4.79 Å². The van der Waals surface area contributed by atoms with Crippen molar-refractivity contribution in [2.24, 2.45) is 0 Å². The number of rotatable bonds is 8. The third kappa shape index (κ3) is 6.56. The Hall–Kier alpha value is -3.37. The number of hydrogen-bond acceptors (Lipinski definition) is 3. The molecule has 0 spiro atoms. The number of hydrogen-bond donors (Lipinski definition) is 3. The molecule has 0 saturated heterocycles. The van der Waals surface area contributed by atoms with Crippen molar-refractivity contribution in [3.63, 3.8) is 0 Å². The van der Waals surface area contributed by atoms with Crippen molar-refractivity contribution < 1.29 is 9.90 Å². The molecule has 0 bridgehead atoms. The number of benzene rings is 3. The second kappa shape index (κ2) is 11.5. The summed E-state index contributed by atoms with van der Waals surface area (Å²) in [5, 5.41) is 16.5. The van der Waals surface area contributed by atoms with Gasteiger partial charge in [0.1, 0.15) is 5.75 Å². The molecule has 4 rings (SSSR count). The van der Waals surface area contributed by atoms with Crippen LogP contribution in [0.25, 0.3) is 6.08 Å². The molecule has 0 radical (unpaired) electrons. The number of phenolic OH excluding ortho intramolecular Hbond substituents is 1. The molecule has 0 saturated carbocycles. The maximum absolute atomic E-state index is 12.8. The quantitative estimate of drug-likeness (QED) is 0.331. The molecule has 33 heavy (non-hydrogen) atoms. The number of amides is 1. The Bertz CT molecular complexity index is 1090. The molecule has 4 nitrogen and oxygen atoms in total. The van der Waals surface area contributed by atoms with Gasteiger partial charge in [0.05, 0.1) is 0 Å². The van der Waals surface area contributed by atoms with Crippen LogP contribution in [0.15, 0.2) is 78.9 Å². The molecule has 3 aromatic carbocycles. The Morgan fingerprint density at radius 2 is 1.82 bits per heavy atom. The standard InChI is InChI=1S/C29H32N2O2/c32-27-17-16-24-19-26(14-8-13-23(24)20-27)31-21-25-12-4-5-15-28(25)29(33)30-18-7-6-11-22-9-2-1-3-10-22/h1-6,9-12,15-17,20,26,31-32H,7-8,13-14,18-19,21H2,(H,30,33). The molecular weight excluding hydrogens is 408 g/mol. The van der Waals surface area contributed by atoms with Crippen LogP contribution in [0.5, 0.6) is 5.75 Å². The minimum absolute atomic E-state index is 0.0257. The van der Waals surface area contributed by atoms with E-state index in [2.05, 4.69) is 34.9 Å². The highest BCUT2D eigenvalue weighted by molar-refractivity contribution is 5.95. The van der Waals surface area contributed by atoms with Gasteiger partial charge in [0.15, 0.2) is 0 Å². The number of aryl methyl sites for hydroxylation is 1. The van der Waals surface area contributed by atoms with Crippen LogP contribution < -0.4 is 10.6 Å². The van der Waals surface area contributed by atoms with E-state index < -0.39 is 0 Å². The summed E-state index contributed by atoms with van der Waals surface area (Å²) in [6, 6.07) is 24.1. The van der Waals surface area contributed by atoms with Gasteiger partial charge < -0.3 is 15.7 Å². The average molecular weight is 441 g/mol. The lowest BCUT2D eigenvalue weighted by molar-refractivity contribution is 0.0953. The molecule has 170 valence electrons. The lowest BCUT2D eigenvalue weighted by atomic mass is 10.0. The molecule has 1 atom stereocenters. The number of carbonyl (C=O) groups excluding carboxylic acids is 1. The van der Waals surface area contributed by atoms with Gasteiger partial charge >= 0.3 is 0 Å². The van der Waals surface area contributed by atoms with Crippen LogP contribution in [-0.2, 0) is 19.4 Å².